The van der Waals surface area contributed by atoms with Crippen molar-refractivity contribution in [1.82, 2.24) is 4.98 Å². The maximum absolute atomic E-state index is 11.0. The molecule has 1 aromatic heterocycles. The molecule has 0 bridgehead atoms. The molecule has 118 valence electrons. The largest absolute Gasteiger partial charge is 0.370 e. The highest BCUT2D eigenvalue weighted by Gasteiger charge is 2.15. The zero-order valence-corrected chi connectivity index (χ0v) is 13.2. The Balaban J connectivity index is 2.61. The van der Waals surface area contributed by atoms with Crippen molar-refractivity contribution in [3.05, 3.63) is 22.2 Å². The predicted molar refractivity (Wildman–Crippen MR) is 86.9 cm³/mol. The minimum Gasteiger partial charge on any atom is -0.370 e. The van der Waals surface area contributed by atoms with E-state index in [2.05, 4.69) is 36.4 Å². The van der Waals surface area contributed by atoms with E-state index in [-0.39, 0.29) is 5.69 Å². The molecule has 1 rings (SSSR count). The van der Waals surface area contributed by atoms with Crippen molar-refractivity contribution in [2.24, 2.45) is 5.92 Å². The molecule has 0 aromatic carbocycles. The van der Waals surface area contributed by atoms with Gasteiger partial charge in [0.05, 0.1) is 4.92 Å². The van der Waals surface area contributed by atoms with Gasteiger partial charge in [-0.05, 0) is 24.8 Å². The van der Waals surface area contributed by atoms with Crippen LogP contribution < -0.4 is 10.6 Å². The van der Waals surface area contributed by atoms with Gasteiger partial charge in [0.15, 0.2) is 0 Å². The van der Waals surface area contributed by atoms with Crippen LogP contribution in [0.5, 0.6) is 0 Å². The van der Waals surface area contributed by atoms with Crippen LogP contribution in [0.4, 0.5) is 17.3 Å². The van der Waals surface area contributed by atoms with E-state index in [9.17, 15) is 10.1 Å². The van der Waals surface area contributed by atoms with E-state index in [1.165, 1.54) is 12.5 Å². The van der Waals surface area contributed by atoms with Gasteiger partial charge >= 0.3 is 5.69 Å². The zero-order chi connectivity index (χ0) is 15.7. The molecular weight excluding hydrogens is 268 g/mol. The third-order valence-corrected chi connectivity index (χ3v) is 3.13. The Kier molecular flexibility index (Phi) is 7.50. The quantitative estimate of drug-likeness (QED) is 0.386. The summed E-state index contributed by atoms with van der Waals surface area (Å²) < 4.78 is 0. The topological polar surface area (TPSA) is 80.1 Å². The molecule has 6 heteroatoms. The van der Waals surface area contributed by atoms with Gasteiger partial charge in [-0.1, -0.05) is 33.6 Å². The first-order valence-electron chi connectivity index (χ1n) is 7.67. The lowest BCUT2D eigenvalue weighted by Gasteiger charge is -2.10. The first-order valence-corrected chi connectivity index (χ1v) is 7.67. The summed E-state index contributed by atoms with van der Waals surface area (Å²) in [5, 5.41) is 17.3. The van der Waals surface area contributed by atoms with Gasteiger partial charge in [-0.2, -0.15) is 0 Å². The number of anilines is 2. The molecule has 21 heavy (non-hydrogen) atoms. The van der Waals surface area contributed by atoms with E-state index < -0.39 is 4.92 Å². The summed E-state index contributed by atoms with van der Waals surface area (Å²) in [6.45, 7) is 7.97. The van der Waals surface area contributed by atoms with Crippen LogP contribution in [0, 0.1) is 16.0 Å². The van der Waals surface area contributed by atoms with Crippen LogP contribution >= 0.6 is 0 Å². The number of rotatable bonds is 10. The Bertz CT molecular complexity index is 449. The third kappa shape index (κ3) is 6.42. The maximum Gasteiger partial charge on any atom is 0.311 e. The summed E-state index contributed by atoms with van der Waals surface area (Å²) in [5.41, 5.74) is 0.0286. The molecule has 0 spiro atoms. The lowest BCUT2D eigenvalue weighted by Crippen LogP contribution is -2.09. The van der Waals surface area contributed by atoms with Crippen molar-refractivity contribution < 1.29 is 4.92 Å². The number of pyridine rings is 1. The predicted octanol–water partition coefficient (Wildman–Crippen LogP) is 4.05. The molecule has 0 aliphatic carbocycles. The number of hydrogen-bond donors (Lipinski definition) is 2. The minimum absolute atomic E-state index is 0.0286. The molecule has 0 aliphatic rings. The molecule has 0 aliphatic heterocycles. The fourth-order valence-electron chi connectivity index (χ4n) is 1.97. The van der Waals surface area contributed by atoms with Crippen LogP contribution in [-0.4, -0.2) is 23.0 Å². The lowest BCUT2D eigenvalue weighted by molar-refractivity contribution is -0.384. The molecule has 0 radical (unpaired) electrons. The van der Waals surface area contributed by atoms with Crippen molar-refractivity contribution in [2.45, 2.75) is 46.5 Å². The molecule has 1 heterocycles. The van der Waals surface area contributed by atoms with Gasteiger partial charge in [0.25, 0.3) is 0 Å². The average Bonchev–Trinajstić information content (AvgIpc) is 2.44. The Hall–Kier alpha value is -1.85. The summed E-state index contributed by atoms with van der Waals surface area (Å²) in [6, 6.07) is 3.15. The molecule has 0 amide bonds. The Labute approximate surface area is 126 Å². The Morgan fingerprint density at radius 3 is 2.62 bits per heavy atom. The summed E-state index contributed by atoms with van der Waals surface area (Å²) >= 11 is 0. The maximum atomic E-state index is 11.0. The Morgan fingerprint density at radius 2 is 2.00 bits per heavy atom. The molecular formula is C15H26N4O2. The van der Waals surface area contributed by atoms with E-state index in [1.807, 2.05) is 0 Å². The van der Waals surface area contributed by atoms with Crippen LogP contribution in [0.3, 0.4) is 0 Å². The Morgan fingerprint density at radius 1 is 1.24 bits per heavy atom. The normalized spacial score (nSPS) is 10.7. The van der Waals surface area contributed by atoms with E-state index in [0.717, 1.165) is 25.8 Å². The third-order valence-electron chi connectivity index (χ3n) is 3.13. The van der Waals surface area contributed by atoms with E-state index in [0.29, 0.717) is 24.1 Å². The molecule has 0 atom stereocenters. The van der Waals surface area contributed by atoms with Crippen molar-refractivity contribution in [3.8, 4) is 0 Å². The molecule has 0 saturated heterocycles. The molecule has 1 aromatic rings. The van der Waals surface area contributed by atoms with E-state index >= 15 is 0 Å². The highest BCUT2D eigenvalue weighted by atomic mass is 16.6. The van der Waals surface area contributed by atoms with Crippen molar-refractivity contribution in [2.75, 3.05) is 23.7 Å². The standard InChI is InChI=1S/C15H26N4O2/c1-4-10-16-14-9-8-13(19(20)21)15(18-14)17-11-6-5-7-12(2)3/h8-9,12H,4-7,10-11H2,1-3H3,(H2,16,17,18). The second kappa shape index (κ2) is 9.15. The van der Waals surface area contributed by atoms with E-state index in [4.69, 9.17) is 0 Å². The average molecular weight is 294 g/mol. The summed E-state index contributed by atoms with van der Waals surface area (Å²) in [7, 11) is 0. The smallest absolute Gasteiger partial charge is 0.311 e. The fourth-order valence-corrected chi connectivity index (χ4v) is 1.97. The van der Waals surface area contributed by atoms with Gasteiger partial charge in [0, 0.05) is 19.2 Å². The van der Waals surface area contributed by atoms with Gasteiger partial charge in [0.2, 0.25) is 5.82 Å². The number of aromatic nitrogens is 1. The van der Waals surface area contributed by atoms with Gasteiger partial charge in [-0.15, -0.1) is 0 Å². The number of nitro groups is 1. The lowest BCUT2D eigenvalue weighted by atomic mass is 10.1. The van der Waals surface area contributed by atoms with Crippen LogP contribution in [0.15, 0.2) is 12.1 Å². The zero-order valence-electron chi connectivity index (χ0n) is 13.2. The SMILES string of the molecule is CCCNc1ccc([N+](=O)[O-])c(NCCCCC(C)C)n1. The molecule has 0 fully saturated rings. The van der Waals surface area contributed by atoms with Crippen LogP contribution in [0.1, 0.15) is 46.5 Å². The summed E-state index contributed by atoms with van der Waals surface area (Å²) in [4.78, 5) is 14.9. The van der Waals surface area contributed by atoms with Crippen LogP contribution in [0.25, 0.3) is 0 Å². The minimum atomic E-state index is -0.396. The van der Waals surface area contributed by atoms with Gasteiger partial charge in [0.1, 0.15) is 5.82 Å². The first-order chi connectivity index (χ1) is 10.0. The van der Waals surface area contributed by atoms with Crippen molar-refractivity contribution in [1.29, 1.82) is 0 Å². The summed E-state index contributed by atoms with van der Waals surface area (Å²) in [5.74, 6) is 1.72. The van der Waals surface area contributed by atoms with Gasteiger partial charge < -0.3 is 10.6 Å². The molecule has 6 nitrogen and oxygen atoms in total. The molecule has 0 saturated carbocycles. The van der Waals surface area contributed by atoms with Gasteiger partial charge in [-0.3, -0.25) is 10.1 Å². The monoisotopic (exact) mass is 294 g/mol. The molecule has 0 unspecified atom stereocenters. The number of unbranched alkanes of at least 4 members (excludes halogenated alkanes) is 1. The van der Waals surface area contributed by atoms with E-state index in [1.54, 1.807) is 6.07 Å². The molecule has 2 N–H and O–H groups in total. The fraction of sp³-hybridized carbons (Fsp3) is 0.667. The van der Waals surface area contributed by atoms with Gasteiger partial charge in [-0.25, -0.2) is 4.98 Å². The summed E-state index contributed by atoms with van der Waals surface area (Å²) in [6.07, 6.45) is 4.27. The number of hydrogen-bond acceptors (Lipinski definition) is 5. The second-order valence-corrected chi connectivity index (χ2v) is 5.56. The van der Waals surface area contributed by atoms with Crippen molar-refractivity contribution in [3.63, 3.8) is 0 Å². The van der Waals surface area contributed by atoms with Crippen molar-refractivity contribution >= 4 is 17.3 Å². The number of nitrogens with zero attached hydrogens (tertiary/aromatic N) is 2. The second-order valence-electron chi connectivity index (χ2n) is 5.56. The van der Waals surface area contributed by atoms with Crippen LogP contribution in [0.2, 0.25) is 0 Å². The van der Waals surface area contributed by atoms with Crippen LogP contribution in [-0.2, 0) is 0 Å². The highest BCUT2D eigenvalue weighted by Crippen LogP contribution is 2.24. The highest BCUT2D eigenvalue weighted by molar-refractivity contribution is 5.60. The number of nitrogens with one attached hydrogen (secondary N) is 2. The first kappa shape index (κ1) is 17.2.